The Hall–Kier alpha value is -6.98. The van der Waals surface area contributed by atoms with E-state index < -0.39 is 108 Å². The van der Waals surface area contributed by atoms with Gasteiger partial charge in [-0.2, -0.15) is 25.3 Å². The topological polar surface area (TPSA) is 335 Å². The van der Waals surface area contributed by atoms with Crippen LogP contribution in [0.5, 0.6) is 0 Å². The number of nitrogens with two attached hydrogens (primary N) is 3. The van der Waals surface area contributed by atoms with Crippen molar-refractivity contribution >= 4 is 94.2 Å². The van der Waals surface area contributed by atoms with Gasteiger partial charge >= 0.3 is 0 Å². The Kier molecular flexibility index (Phi) is 23.1. The Morgan fingerprint density at radius 3 is 1.70 bits per heavy atom. The van der Waals surface area contributed by atoms with Crippen molar-refractivity contribution in [3.8, 4) is 0 Å². The smallest absolute Gasteiger partial charge is 0.244 e. The van der Waals surface area contributed by atoms with Crippen molar-refractivity contribution in [3.05, 3.63) is 120 Å². The van der Waals surface area contributed by atoms with Crippen molar-refractivity contribution in [1.29, 1.82) is 0 Å². The van der Waals surface area contributed by atoms with Gasteiger partial charge in [-0.15, -0.1) is 0 Å². The van der Waals surface area contributed by atoms with Gasteiger partial charge in [-0.05, 0) is 78.6 Å². The minimum Gasteiger partial charge on any atom is -0.391 e. The molecule has 0 bridgehead atoms. The number of carbonyl (C=O) groups is 8. The number of aliphatic hydroxyl groups is 1. The number of hydrogen-bond acceptors (Lipinski definition) is 13. The number of rotatable bonds is 29. The summed E-state index contributed by atoms with van der Waals surface area (Å²) in [5.74, 6) is -7.20. The molecule has 5 aromatic rings. The van der Waals surface area contributed by atoms with E-state index >= 15 is 0 Å². The summed E-state index contributed by atoms with van der Waals surface area (Å²) in [5, 5.41) is 31.3. The lowest BCUT2D eigenvalue weighted by Crippen LogP contribution is -2.62. The van der Waals surface area contributed by atoms with Gasteiger partial charge in [0, 0.05) is 41.4 Å². The van der Waals surface area contributed by atoms with Crippen LogP contribution in [0.1, 0.15) is 56.7 Å². The highest BCUT2D eigenvalue weighted by atomic mass is 32.1. The second-order valence-electron chi connectivity index (χ2n) is 19.1. The molecule has 0 saturated carbocycles. The van der Waals surface area contributed by atoms with Crippen molar-refractivity contribution in [1.82, 2.24) is 42.2 Å². The Labute approximate surface area is 452 Å². The molecule has 408 valence electrons. The highest BCUT2D eigenvalue weighted by molar-refractivity contribution is 7.80. The van der Waals surface area contributed by atoms with Gasteiger partial charge in [0.25, 0.3) is 0 Å². The molecule has 0 aliphatic rings. The summed E-state index contributed by atoms with van der Waals surface area (Å²) < 4.78 is 0. The minimum absolute atomic E-state index is 0.0462. The minimum atomic E-state index is -1.45. The van der Waals surface area contributed by atoms with E-state index in [2.05, 4.69) is 67.5 Å². The van der Waals surface area contributed by atoms with Gasteiger partial charge in [-0.25, -0.2) is 0 Å². The van der Waals surface area contributed by atoms with Gasteiger partial charge in [0.15, 0.2) is 0 Å². The number of hydrogen-bond donors (Lipinski definition) is 14. The second-order valence-corrected chi connectivity index (χ2v) is 19.8. The first kappa shape index (κ1) is 59.9. The van der Waals surface area contributed by atoms with Crippen LogP contribution in [0.2, 0.25) is 0 Å². The van der Waals surface area contributed by atoms with E-state index in [9.17, 15) is 43.5 Å². The van der Waals surface area contributed by atoms with E-state index in [1.54, 1.807) is 20.0 Å². The van der Waals surface area contributed by atoms with Crippen LogP contribution < -0.4 is 54.4 Å². The van der Waals surface area contributed by atoms with Crippen LogP contribution in [0.15, 0.2) is 103 Å². The summed E-state index contributed by atoms with van der Waals surface area (Å²) in [5.41, 5.74) is 20.3. The fraction of sp³-hybridized carbons (Fsp3) is 0.407. The van der Waals surface area contributed by atoms with Gasteiger partial charge in [0.1, 0.15) is 42.3 Å². The molecule has 9 atom stereocenters. The van der Waals surface area contributed by atoms with Gasteiger partial charge in [0.2, 0.25) is 47.3 Å². The first-order chi connectivity index (χ1) is 36.3. The number of nitrogens with one attached hydrogen (secondary N) is 8. The molecule has 4 aromatic carbocycles. The monoisotopic (exact) mass is 1080 g/mol. The zero-order chi connectivity index (χ0) is 55.5. The normalized spacial score (nSPS) is 14.9. The van der Waals surface area contributed by atoms with Crippen LogP contribution in [-0.2, 0) is 57.6 Å². The van der Waals surface area contributed by atoms with Crippen LogP contribution in [-0.4, -0.2) is 130 Å². The summed E-state index contributed by atoms with van der Waals surface area (Å²) in [6, 6.07) is 19.5. The molecular formula is C54H71N11O9S2. The third-order valence-corrected chi connectivity index (χ3v) is 13.5. The largest absolute Gasteiger partial charge is 0.391 e. The zero-order valence-corrected chi connectivity index (χ0v) is 44.6. The maximum Gasteiger partial charge on any atom is 0.244 e. The zero-order valence-electron chi connectivity index (χ0n) is 42.8. The van der Waals surface area contributed by atoms with E-state index in [0.29, 0.717) is 24.0 Å². The maximum atomic E-state index is 14.9. The predicted molar refractivity (Wildman–Crippen MR) is 298 cm³/mol. The molecule has 0 aliphatic carbocycles. The molecule has 22 heteroatoms. The van der Waals surface area contributed by atoms with Crippen molar-refractivity contribution in [2.75, 3.05) is 18.1 Å². The molecular weight excluding hydrogens is 1010 g/mol. The van der Waals surface area contributed by atoms with Gasteiger partial charge in [0.05, 0.1) is 12.1 Å². The summed E-state index contributed by atoms with van der Waals surface area (Å²) in [4.78, 5) is 114. The molecule has 8 amide bonds. The van der Waals surface area contributed by atoms with Crippen LogP contribution in [0.3, 0.4) is 0 Å². The number of para-hydroxylation sites is 1. The van der Waals surface area contributed by atoms with Crippen LogP contribution in [0.4, 0.5) is 0 Å². The standard InChI is InChI=1S/C54H71N11O9S2/c1-30(2)45(54(74)63-44(29-76)53(73)65-46(31(3)66)47(57)67)64-49(69)40(19-11-12-22-55)59-51(71)42(26-36-27-58-39-18-10-9-17-37(36)39)61-50(70)41(25-33-20-21-34-15-7-8-16-35(34)23-33)60-52(72)43(28-75)62-48(68)38(56)24-32-13-5-4-6-14-32/h4-10,13-18,20-21,23,27,30-31,38,40-46,58,66,75-76H,11-12,19,22,24-26,28-29,55-56H2,1-3H3,(H2,57,67)(H,59,71)(H,60,72)(H,61,70)(H,62,68)(H,63,74)(H,64,69)(H,65,73)/t31-,38-,40+,41+,42-,43+,44+,45+,46+/m1/s1. The molecule has 20 nitrogen and oxygen atoms in total. The molecule has 0 aliphatic heterocycles. The average Bonchev–Trinajstić information content (AvgIpc) is 3.81. The number of carbonyl (C=O) groups excluding carboxylic acids is 8. The second kappa shape index (κ2) is 29.4. The third-order valence-electron chi connectivity index (χ3n) is 12.8. The lowest BCUT2D eigenvalue weighted by atomic mass is 9.99. The fourth-order valence-corrected chi connectivity index (χ4v) is 8.99. The molecule has 0 saturated heterocycles. The fourth-order valence-electron chi connectivity index (χ4n) is 8.48. The molecule has 5 rings (SSSR count). The Balaban J connectivity index is 1.43. The number of aromatic nitrogens is 1. The number of fused-ring (bicyclic) bond motifs is 2. The quantitative estimate of drug-likeness (QED) is 0.0232. The van der Waals surface area contributed by atoms with Crippen LogP contribution in [0.25, 0.3) is 21.7 Å². The number of benzene rings is 4. The van der Waals surface area contributed by atoms with Crippen LogP contribution in [0, 0.1) is 5.92 Å². The van der Waals surface area contributed by atoms with Gasteiger partial charge in [-0.3, -0.25) is 38.4 Å². The molecule has 0 fully saturated rings. The van der Waals surface area contributed by atoms with Crippen molar-refractivity contribution < 1.29 is 43.5 Å². The number of H-pyrrole nitrogens is 1. The predicted octanol–water partition coefficient (Wildman–Crippen LogP) is 0.581. The Bertz CT molecular complexity index is 2800. The third kappa shape index (κ3) is 17.3. The Morgan fingerprint density at radius 2 is 1.08 bits per heavy atom. The molecule has 1 aromatic heterocycles. The van der Waals surface area contributed by atoms with E-state index in [-0.39, 0.29) is 43.7 Å². The summed E-state index contributed by atoms with van der Waals surface area (Å²) in [7, 11) is 0. The number of primary amides is 1. The SMILES string of the molecule is CC(C)[C@H](NC(=O)[C@H](CCCCN)NC(=O)[C@@H](Cc1c[nH]c2ccccc12)NC(=O)[C@H](Cc1ccc2ccccc2c1)NC(=O)[C@H](CS)NC(=O)[C@H](N)Cc1ccccc1)C(=O)N[C@@H](CS)C(=O)N[C@H](C(N)=O)[C@@H](C)O. The lowest BCUT2D eigenvalue weighted by molar-refractivity contribution is -0.136. The average molecular weight is 1080 g/mol. The number of unbranched alkanes of at least 4 members (excludes halogenated alkanes) is 1. The van der Waals surface area contributed by atoms with Crippen LogP contribution >= 0.6 is 25.3 Å². The van der Waals surface area contributed by atoms with Crippen molar-refractivity contribution in [2.45, 2.75) is 114 Å². The summed E-state index contributed by atoms with van der Waals surface area (Å²) in [6.45, 7) is 4.86. The van der Waals surface area contributed by atoms with E-state index in [4.69, 9.17) is 17.2 Å². The van der Waals surface area contributed by atoms with Crippen molar-refractivity contribution in [3.63, 3.8) is 0 Å². The number of aliphatic hydroxyl groups excluding tert-OH is 1. The molecule has 15 N–H and O–H groups in total. The number of aromatic amines is 1. The van der Waals surface area contributed by atoms with E-state index in [1.807, 2.05) is 97.1 Å². The van der Waals surface area contributed by atoms with Gasteiger partial charge < -0.3 is 64.5 Å². The molecule has 76 heavy (non-hydrogen) atoms. The maximum absolute atomic E-state index is 14.9. The summed E-state index contributed by atoms with van der Waals surface area (Å²) in [6.07, 6.45) is 1.36. The number of thiol groups is 2. The lowest BCUT2D eigenvalue weighted by Gasteiger charge is -2.29. The van der Waals surface area contributed by atoms with Crippen molar-refractivity contribution in [2.24, 2.45) is 23.1 Å². The molecule has 1 heterocycles. The first-order valence-electron chi connectivity index (χ1n) is 25.2. The number of amides is 8. The van der Waals surface area contributed by atoms with E-state index in [1.165, 1.54) is 6.92 Å². The van der Waals surface area contributed by atoms with E-state index in [0.717, 1.165) is 27.2 Å². The first-order valence-corrected chi connectivity index (χ1v) is 26.4. The Morgan fingerprint density at radius 1 is 0.553 bits per heavy atom. The molecule has 0 unspecified atom stereocenters. The summed E-state index contributed by atoms with van der Waals surface area (Å²) >= 11 is 8.56. The van der Waals surface area contributed by atoms with Gasteiger partial charge in [-0.1, -0.05) is 105 Å². The molecule has 0 radical (unpaired) electrons. The molecule has 0 spiro atoms. The highest BCUT2D eigenvalue weighted by Gasteiger charge is 2.36. The highest BCUT2D eigenvalue weighted by Crippen LogP contribution is 2.21.